The Morgan fingerprint density at radius 2 is 2.17 bits per heavy atom. The van der Waals surface area contributed by atoms with Crippen LogP contribution in [0.15, 0.2) is 18.3 Å². The summed E-state index contributed by atoms with van der Waals surface area (Å²) in [4.78, 5) is 28.2. The third kappa shape index (κ3) is 4.60. The number of carbonyl (C=O) groups excluding carboxylic acids is 1. The lowest BCUT2D eigenvalue weighted by molar-refractivity contribution is -0.385. The van der Waals surface area contributed by atoms with Crippen molar-refractivity contribution in [2.24, 2.45) is 5.92 Å². The Kier molecular flexibility index (Phi) is 5.83. The van der Waals surface area contributed by atoms with Crippen molar-refractivity contribution in [2.75, 3.05) is 31.1 Å². The molecular formula is C14H20N4O5. The minimum atomic E-state index is -0.941. The summed E-state index contributed by atoms with van der Waals surface area (Å²) in [5.41, 5.74) is -0.0505. The SMILES string of the molecule is O=C(NC[C@@H](O)CO)C1CCN(c2ccc([N+](=O)[O-])cn2)CC1. The average Bonchev–Trinajstić information content (AvgIpc) is 2.59. The number of aromatic nitrogens is 1. The van der Waals surface area contributed by atoms with Crippen molar-refractivity contribution in [3.05, 3.63) is 28.4 Å². The lowest BCUT2D eigenvalue weighted by atomic mass is 9.96. The van der Waals surface area contributed by atoms with Crippen LogP contribution < -0.4 is 10.2 Å². The summed E-state index contributed by atoms with van der Waals surface area (Å²) < 4.78 is 0. The van der Waals surface area contributed by atoms with Gasteiger partial charge in [-0.25, -0.2) is 4.98 Å². The van der Waals surface area contributed by atoms with Crippen molar-refractivity contribution in [3.8, 4) is 0 Å². The quantitative estimate of drug-likeness (QED) is 0.483. The predicted molar refractivity (Wildman–Crippen MR) is 81.9 cm³/mol. The molecule has 2 heterocycles. The molecule has 2 rings (SSSR count). The number of hydrogen-bond donors (Lipinski definition) is 3. The molecule has 0 aliphatic carbocycles. The first-order valence-electron chi connectivity index (χ1n) is 7.43. The molecule has 0 saturated carbocycles. The Morgan fingerprint density at radius 3 is 2.70 bits per heavy atom. The van der Waals surface area contributed by atoms with Crippen LogP contribution >= 0.6 is 0 Å². The lowest BCUT2D eigenvalue weighted by Crippen LogP contribution is -2.43. The number of nitrogens with one attached hydrogen (secondary N) is 1. The first-order chi connectivity index (χ1) is 11.0. The van der Waals surface area contributed by atoms with Gasteiger partial charge >= 0.3 is 0 Å². The number of aliphatic hydroxyl groups is 2. The van der Waals surface area contributed by atoms with Crippen molar-refractivity contribution in [3.63, 3.8) is 0 Å². The van der Waals surface area contributed by atoms with Gasteiger partial charge in [-0.05, 0) is 18.9 Å². The van der Waals surface area contributed by atoms with Crippen molar-refractivity contribution in [1.82, 2.24) is 10.3 Å². The van der Waals surface area contributed by atoms with Gasteiger partial charge in [0.25, 0.3) is 5.69 Å². The van der Waals surface area contributed by atoms with Crippen LogP contribution in [0.4, 0.5) is 11.5 Å². The smallest absolute Gasteiger partial charge is 0.287 e. The zero-order valence-electron chi connectivity index (χ0n) is 12.6. The number of hydrogen-bond acceptors (Lipinski definition) is 7. The fourth-order valence-corrected chi connectivity index (χ4v) is 2.47. The summed E-state index contributed by atoms with van der Waals surface area (Å²) in [6.45, 7) is 0.918. The summed E-state index contributed by atoms with van der Waals surface area (Å²) in [6, 6.07) is 3.02. The number of anilines is 1. The molecule has 1 atom stereocenters. The lowest BCUT2D eigenvalue weighted by Gasteiger charge is -2.32. The molecule has 126 valence electrons. The summed E-state index contributed by atoms with van der Waals surface area (Å²) in [7, 11) is 0. The number of nitrogens with zero attached hydrogens (tertiary/aromatic N) is 3. The second-order valence-corrected chi connectivity index (χ2v) is 5.47. The second kappa shape index (κ2) is 7.84. The van der Waals surface area contributed by atoms with Gasteiger partial charge in [0.1, 0.15) is 12.0 Å². The first kappa shape index (κ1) is 17.1. The van der Waals surface area contributed by atoms with Crippen LogP contribution in [0.25, 0.3) is 0 Å². The third-order valence-corrected chi connectivity index (χ3v) is 3.86. The fourth-order valence-electron chi connectivity index (χ4n) is 2.47. The summed E-state index contributed by atoms with van der Waals surface area (Å²) in [5, 5.41) is 31.2. The molecular weight excluding hydrogens is 304 g/mol. The highest BCUT2D eigenvalue weighted by atomic mass is 16.6. The summed E-state index contributed by atoms with van der Waals surface area (Å²) >= 11 is 0. The molecule has 0 aromatic carbocycles. The number of carbonyl (C=O) groups is 1. The molecule has 0 radical (unpaired) electrons. The van der Waals surface area contributed by atoms with E-state index in [0.717, 1.165) is 0 Å². The van der Waals surface area contributed by atoms with Crippen molar-refractivity contribution >= 4 is 17.4 Å². The molecule has 9 heteroatoms. The molecule has 1 aliphatic heterocycles. The summed E-state index contributed by atoms with van der Waals surface area (Å²) in [6.07, 6.45) is 1.56. The topological polar surface area (TPSA) is 129 Å². The number of aliphatic hydroxyl groups excluding tert-OH is 2. The third-order valence-electron chi connectivity index (χ3n) is 3.86. The van der Waals surface area contributed by atoms with Gasteiger partial charge in [-0.3, -0.25) is 14.9 Å². The normalized spacial score (nSPS) is 16.9. The molecule has 1 aromatic rings. The van der Waals surface area contributed by atoms with E-state index in [9.17, 15) is 20.0 Å². The molecule has 1 saturated heterocycles. The largest absolute Gasteiger partial charge is 0.394 e. The number of rotatable bonds is 6. The maximum atomic E-state index is 12.0. The molecule has 9 nitrogen and oxygen atoms in total. The Labute approximate surface area is 133 Å². The highest BCUT2D eigenvalue weighted by Gasteiger charge is 2.26. The monoisotopic (exact) mass is 324 g/mol. The van der Waals surface area contributed by atoms with Gasteiger partial charge in [0.05, 0.1) is 17.6 Å². The highest BCUT2D eigenvalue weighted by molar-refractivity contribution is 5.79. The second-order valence-electron chi connectivity index (χ2n) is 5.47. The van der Waals surface area contributed by atoms with E-state index in [2.05, 4.69) is 10.3 Å². The van der Waals surface area contributed by atoms with Crippen molar-refractivity contribution in [1.29, 1.82) is 0 Å². The van der Waals surface area contributed by atoms with Crippen LogP contribution in [0.3, 0.4) is 0 Å². The van der Waals surface area contributed by atoms with Crippen LogP contribution in [0.5, 0.6) is 0 Å². The van der Waals surface area contributed by atoms with Gasteiger partial charge in [-0.1, -0.05) is 0 Å². The number of amides is 1. The van der Waals surface area contributed by atoms with Crippen LogP contribution in [-0.2, 0) is 4.79 Å². The van der Waals surface area contributed by atoms with Crippen molar-refractivity contribution in [2.45, 2.75) is 18.9 Å². The Hall–Kier alpha value is -2.26. The molecule has 0 spiro atoms. The van der Waals surface area contributed by atoms with Gasteiger partial charge in [-0.2, -0.15) is 0 Å². The van der Waals surface area contributed by atoms with Crippen molar-refractivity contribution < 1.29 is 19.9 Å². The van der Waals surface area contributed by atoms with E-state index in [-0.39, 0.29) is 30.7 Å². The van der Waals surface area contributed by atoms with Crippen LogP contribution in [-0.4, -0.2) is 58.4 Å². The van der Waals surface area contributed by atoms with Gasteiger partial charge < -0.3 is 20.4 Å². The maximum Gasteiger partial charge on any atom is 0.287 e. The van der Waals surface area contributed by atoms with Crippen LogP contribution in [0.1, 0.15) is 12.8 Å². The van der Waals surface area contributed by atoms with Crippen LogP contribution in [0.2, 0.25) is 0 Å². The number of pyridine rings is 1. The Bertz CT molecular complexity index is 543. The highest BCUT2D eigenvalue weighted by Crippen LogP contribution is 2.23. The van der Waals surface area contributed by atoms with Gasteiger partial charge in [-0.15, -0.1) is 0 Å². The maximum absolute atomic E-state index is 12.0. The minimum Gasteiger partial charge on any atom is -0.394 e. The molecule has 1 fully saturated rings. The minimum absolute atomic E-state index is 0.0411. The zero-order chi connectivity index (χ0) is 16.8. The fraction of sp³-hybridized carbons (Fsp3) is 0.571. The van der Waals surface area contributed by atoms with E-state index >= 15 is 0 Å². The Balaban J connectivity index is 1.83. The van der Waals surface area contributed by atoms with Gasteiger partial charge in [0, 0.05) is 31.6 Å². The van der Waals surface area contributed by atoms with E-state index in [1.54, 1.807) is 6.07 Å². The zero-order valence-corrected chi connectivity index (χ0v) is 12.6. The standard InChI is InChI=1S/C14H20N4O5/c19-9-12(20)8-16-14(21)10-3-5-17(6-4-10)13-2-1-11(7-15-13)18(22)23/h1-2,7,10,12,19-20H,3-6,8-9H2,(H,16,21)/t12-/m1/s1. The average molecular weight is 324 g/mol. The molecule has 23 heavy (non-hydrogen) atoms. The Morgan fingerprint density at radius 1 is 1.48 bits per heavy atom. The van der Waals surface area contributed by atoms with E-state index in [1.807, 2.05) is 4.90 Å². The molecule has 0 unspecified atom stereocenters. The molecule has 3 N–H and O–H groups in total. The molecule has 1 amide bonds. The van der Waals surface area contributed by atoms with E-state index in [4.69, 9.17) is 5.11 Å². The summed E-state index contributed by atoms with van der Waals surface area (Å²) in [5.74, 6) is 0.383. The predicted octanol–water partition coefficient (Wildman–Crippen LogP) is -0.324. The van der Waals surface area contributed by atoms with E-state index < -0.39 is 11.0 Å². The molecule has 1 aromatic heterocycles. The first-order valence-corrected chi connectivity index (χ1v) is 7.43. The van der Waals surface area contributed by atoms with Gasteiger partial charge in [0.2, 0.25) is 5.91 Å². The van der Waals surface area contributed by atoms with Crippen LogP contribution in [0, 0.1) is 16.0 Å². The van der Waals surface area contributed by atoms with E-state index in [1.165, 1.54) is 12.3 Å². The number of piperidine rings is 1. The number of nitro groups is 1. The molecule has 0 bridgehead atoms. The molecule has 1 aliphatic rings. The van der Waals surface area contributed by atoms with Gasteiger partial charge in [0.15, 0.2) is 0 Å². The van der Waals surface area contributed by atoms with E-state index in [0.29, 0.717) is 31.7 Å².